The van der Waals surface area contributed by atoms with Crippen LogP contribution in [0.5, 0.6) is 5.75 Å². The predicted octanol–water partition coefficient (Wildman–Crippen LogP) is 2.38. The zero-order chi connectivity index (χ0) is 11.3. The fourth-order valence-electron chi connectivity index (χ4n) is 1.01. The summed E-state index contributed by atoms with van der Waals surface area (Å²) in [6.45, 7) is 5.92. The van der Waals surface area contributed by atoms with Crippen molar-refractivity contribution in [2.24, 2.45) is 0 Å². The van der Waals surface area contributed by atoms with E-state index in [2.05, 4.69) is 6.58 Å². The Morgan fingerprint density at radius 2 is 2.13 bits per heavy atom. The third-order valence-electron chi connectivity index (χ3n) is 1.70. The first-order valence-corrected chi connectivity index (χ1v) is 4.39. The van der Waals surface area contributed by atoms with Crippen LogP contribution in [0.1, 0.15) is 18.1 Å². The Hall–Kier alpha value is -2.26. The van der Waals surface area contributed by atoms with Crippen LogP contribution < -0.4 is 4.74 Å². The van der Waals surface area contributed by atoms with E-state index in [1.54, 1.807) is 12.1 Å². The topological polar surface area (TPSA) is 56.8 Å². The van der Waals surface area contributed by atoms with Gasteiger partial charge < -0.3 is 4.74 Å². The van der Waals surface area contributed by atoms with E-state index in [1.807, 2.05) is 19.1 Å². The highest BCUT2D eigenvalue weighted by Gasteiger charge is 2.04. The molecular weight excluding hydrogens is 188 g/mol. The number of nitriles is 2. The second-order valence-corrected chi connectivity index (χ2v) is 3.18. The molecule has 1 aromatic carbocycles. The molecule has 0 saturated carbocycles. The Morgan fingerprint density at radius 1 is 1.40 bits per heavy atom. The number of rotatable bonds is 3. The highest BCUT2D eigenvalue weighted by molar-refractivity contribution is 5.48. The van der Waals surface area contributed by atoms with Gasteiger partial charge in [0.05, 0.1) is 17.2 Å². The second-order valence-electron chi connectivity index (χ2n) is 3.18. The molecule has 0 spiro atoms. The van der Waals surface area contributed by atoms with Crippen LogP contribution in [0.4, 0.5) is 0 Å². The van der Waals surface area contributed by atoms with E-state index >= 15 is 0 Å². The monoisotopic (exact) mass is 198 g/mol. The summed E-state index contributed by atoms with van der Waals surface area (Å²) in [5.74, 6) is 0.486. The number of hydrogen-bond acceptors (Lipinski definition) is 3. The van der Waals surface area contributed by atoms with Crippen LogP contribution >= 0.6 is 0 Å². The Bertz CT molecular complexity index is 463. The van der Waals surface area contributed by atoms with Gasteiger partial charge in [-0.25, -0.2) is 0 Å². The minimum Gasteiger partial charge on any atom is -0.488 e. The van der Waals surface area contributed by atoms with Gasteiger partial charge in [-0.15, -0.1) is 0 Å². The van der Waals surface area contributed by atoms with Gasteiger partial charge in [0, 0.05) is 0 Å². The van der Waals surface area contributed by atoms with Crippen molar-refractivity contribution >= 4 is 0 Å². The molecule has 1 rings (SSSR count). The molecule has 15 heavy (non-hydrogen) atoms. The van der Waals surface area contributed by atoms with Crippen LogP contribution in [-0.4, -0.2) is 6.61 Å². The number of hydrogen-bond donors (Lipinski definition) is 0. The fraction of sp³-hybridized carbons (Fsp3) is 0.167. The van der Waals surface area contributed by atoms with E-state index in [0.29, 0.717) is 23.5 Å². The van der Waals surface area contributed by atoms with Crippen LogP contribution in [0.3, 0.4) is 0 Å². The second kappa shape index (κ2) is 4.83. The van der Waals surface area contributed by atoms with Crippen LogP contribution in [0.2, 0.25) is 0 Å². The van der Waals surface area contributed by atoms with Crippen molar-refractivity contribution in [2.75, 3.05) is 6.61 Å². The first kappa shape index (κ1) is 10.8. The average Bonchev–Trinajstić information content (AvgIpc) is 2.25. The van der Waals surface area contributed by atoms with Crippen LogP contribution in [0.25, 0.3) is 0 Å². The van der Waals surface area contributed by atoms with Gasteiger partial charge in [0.15, 0.2) is 0 Å². The van der Waals surface area contributed by atoms with Crippen molar-refractivity contribution in [3.05, 3.63) is 41.5 Å². The quantitative estimate of drug-likeness (QED) is 0.700. The zero-order valence-electron chi connectivity index (χ0n) is 8.45. The first-order chi connectivity index (χ1) is 7.17. The van der Waals surface area contributed by atoms with Crippen molar-refractivity contribution in [3.63, 3.8) is 0 Å². The van der Waals surface area contributed by atoms with Gasteiger partial charge in [-0.05, 0) is 30.7 Å². The minimum atomic E-state index is 0.371. The summed E-state index contributed by atoms with van der Waals surface area (Å²) >= 11 is 0. The number of benzene rings is 1. The van der Waals surface area contributed by atoms with E-state index in [0.717, 1.165) is 5.57 Å². The first-order valence-electron chi connectivity index (χ1n) is 4.39. The summed E-state index contributed by atoms with van der Waals surface area (Å²) in [6, 6.07) is 8.71. The lowest BCUT2D eigenvalue weighted by Crippen LogP contribution is -1.99. The van der Waals surface area contributed by atoms with Gasteiger partial charge in [-0.2, -0.15) is 10.5 Å². The Morgan fingerprint density at radius 3 is 2.67 bits per heavy atom. The number of nitrogens with zero attached hydrogens (tertiary/aromatic N) is 2. The van der Waals surface area contributed by atoms with Crippen LogP contribution in [0, 0.1) is 22.7 Å². The molecule has 0 heterocycles. The molecule has 0 aromatic heterocycles. The molecule has 0 amide bonds. The maximum atomic E-state index is 8.84. The fourth-order valence-corrected chi connectivity index (χ4v) is 1.01. The Labute approximate surface area is 88.8 Å². The highest BCUT2D eigenvalue weighted by atomic mass is 16.5. The molecular formula is C12H10N2O. The van der Waals surface area contributed by atoms with Crippen molar-refractivity contribution < 1.29 is 4.74 Å². The normalized spacial score (nSPS) is 8.73. The lowest BCUT2D eigenvalue weighted by molar-refractivity contribution is 0.351. The molecule has 74 valence electrons. The smallest absolute Gasteiger partial charge is 0.137 e. The Kier molecular flexibility index (Phi) is 3.49. The van der Waals surface area contributed by atoms with Crippen molar-refractivity contribution in [1.29, 1.82) is 10.5 Å². The molecule has 0 aliphatic carbocycles. The van der Waals surface area contributed by atoms with Crippen molar-refractivity contribution in [1.82, 2.24) is 0 Å². The summed E-state index contributed by atoms with van der Waals surface area (Å²) in [4.78, 5) is 0. The van der Waals surface area contributed by atoms with Gasteiger partial charge in [-0.3, -0.25) is 0 Å². The summed E-state index contributed by atoms with van der Waals surface area (Å²) in [7, 11) is 0. The SMILES string of the molecule is C=C(C)COc1ccc(C#N)cc1C#N. The molecule has 0 radical (unpaired) electrons. The Balaban J connectivity index is 2.95. The summed E-state index contributed by atoms with van der Waals surface area (Å²) in [6.07, 6.45) is 0. The van der Waals surface area contributed by atoms with E-state index in [-0.39, 0.29) is 0 Å². The molecule has 0 saturated heterocycles. The molecule has 3 heteroatoms. The zero-order valence-corrected chi connectivity index (χ0v) is 8.45. The molecule has 0 atom stereocenters. The summed E-state index contributed by atoms with van der Waals surface area (Å²) < 4.78 is 5.36. The third kappa shape index (κ3) is 2.86. The lowest BCUT2D eigenvalue weighted by Gasteiger charge is -2.07. The van der Waals surface area contributed by atoms with E-state index in [1.165, 1.54) is 6.07 Å². The molecule has 0 fully saturated rings. The maximum absolute atomic E-state index is 8.84. The van der Waals surface area contributed by atoms with Crippen molar-refractivity contribution in [2.45, 2.75) is 6.92 Å². The molecule has 1 aromatic rings. The predicted molar refractivity (Wildman–Crippen MR) is 56.2 cm³/mol. The molecule has 0 aliphatic heterocycles. The van der Waals surface area contributed by atoms with Gasteiger partial charge in [-0.1, -0.05) is 6.58 Å². The molecule has 0 bridgehead atoms. The van der Waals surface area contributed by atoms with Crippen LogP contribution in [0.15, 0.2) is 30.4 Å². The standard InChI is InChI=1S/C12H10N2O/c1-9(2)8-15-12-4-3-10(6-13)5-11(12)7-14/h3-5H,1,8H2,2H3. The van der Waals surface area contributed by atoms with E-state index in [4.69, 9.17) is 15.3 Å². The van der Waals surface area contributed by atoms with Gasteiger partial charge in [0.1, 0.15) is 18.4 Å². The van der Waals surface area contributed by atoms with E-state index in [9.17, 15) is 0 Å². The number of ether oxygens (including phenoxy) is 1. The summed E-state index contributed by atoms with van der Waals surface area (Å²) in [5.41, 5.74) is 1.70. The molecule has 0 unspecified atom stereocenters. The maximum Gasteiger partial charge on any atom is 0.137 e. The largest absolute Gasteiger partial charge is 0.488 e. The van der Waals surface area contributed by atoms with Crippen LogP contribution in [-0.2, 0) is 0 Å². The van der Waals surface area contributed by atoms with Gasteiger partial charge in [0.25, 0.3) is 0 Å². The van der Waals surface area contributed by atoms with E-state index < -0.39 is 0 Å². The third-order valence-corrected chi connectivity index (χ3v) is 1.70. The molecule has 3 nitrogen and oxygen atoms in total. The molecule has 0 N–H and O–H groups in total. The minimum absolute atomic E-state index is 0.371. The lowest BCUT2D eigenvalue weighted by atomic mass is 10.1. The van der Waals surface area contributed by atoms with Gasteiger partial charge in [0.2, 0.25) is 0 Å². The van der Waals surface area contributed by atoms with Gasteiger partial charge >= 0.3 is 0 Å². The highest BCUT2D eigenvalue weighted by Crippen LogP contribution is 2.19. The average molecular weight is 198 g/mol. The van der Waals surface area contributed by atoms with Crippen molar-refractivity contribution in [3.8, 4) is 17.9 Å². The molecule has 0 aliphatic rings. The summed E-state index contributed by atoms with van der Waals surface area (Å²) in [5, 5.41) is 17.5.